The van der Waals surface area contributed by atoms with Crippen LogP contribution in [0.25, 0.3) is 10.8 Å². The van der Waals surface area contributed by atoms with Crippen molar-refractivity contribution in [2.24, 2.45) is 11.8 Å². The van der Waals surface area contributed by atoms with Crippen LogP contribution in [0.3, 0.4) is 0 Å². The lowest BCUT2D eigenvalue weighted by molar-refractivity contribution is -0.154. The molecule has 4 aliphatic heterocycles. The number of esters is 1. The number of cyclic esters (lactones) is 1. The van der Waals surface area contributed by atoms with E-state index in [-0.39, 0.29) is 24.4 Å². The van der Waals surface area contributed by atoms with E-state index in [0.29, 0.717) is 19.6 Å². The Hall–Kier alpha value is -3.10. The minimum Gasteiger partial charge on any atom is -0.465 e. The molecule has 0 saturated carbocycles. The zero-order chi connectivity index (χ0) is 28.1. The number of benzene rings is 2. The summed E-state index contributed by atoms with van der Waals surface area (Å²) in [7, 11) is 0. The van der Waals surface area contributed by atoms with E-state index < -0.39 is 33.4 Å². The predicted molar refractivity (Wildman–Crippen MR) is 157 cm³/mol. The normalized spacial score (nSPS) is 33.7. The number of hydrogen-bond acceptors (Lipinski definition) is 6. The molecule has 0 aliphatic carbocycles. The molecule has 8 heteroatoms. The number of thioether (sulfide) groups is 1. The number of amides is 2. The van der Waals surface area contributed by atoms with E-state index in [2.05, 4.69) is 12.2 Å². The molecule has 2 aromatic carbocycles. The van der Waals surface area contributed by atoms with Crippen LogP contribution in [0.1, 0.15) is 39.5 Å². The number of fused-ring (bicyclic) bond motifs is 3. The van der Waals surface area contributed by atoms with Crippen LogP contribution in [0.4, 0.5) is 5.69 Å². The molecule has 0 bridgehead atoms. The maximum atomic E-state index is 14.7. The van der Waals surface area contributed by atoms with Crippen molar-refractivity contribution < 1.29 is 24.2 Å². The Morgan fingerprint density at radius 3 is 2.60 bits per heavy atom. The van der Waals surface area contributed by atoms with E-state index in [4.69, 9.17) is 4.74 Å². The second-order valence-electron chi connectivity index (χ2n) is 11.4. The second kappa shape index (κ2) is 10.4. The van der Waals surface area contributed by atoms with Crippen LogP contribution in [0.2, 0.25) is 0 Å². The summed E-state index contributed by atoms with van der Waals surface area (Å²) < 4.78 is 4.05. The van der Waals surface area contributed by atoms with Crippen LogP contribution >= 0.6 is 11.8 Å². The highest BCUT2D eigenvalue weighted by Crippen LogP contribution is 2.65. The number of nitrogens with zero attached hydrogens (tertiary/aromatic N) is 2. The van der Waals surface area contributed by atoms with Crippen LogP contribution in [0, 0.1) is 11.8 Å². The third-order valence-corrected chi connectivity index (χ3v) is 10.9. The maximum Gasteiger partial charge on any atom is 0.311 e. The van der Waals surface area contributed by atoms with Gasteiger partial charge in [0.2, 0.25) is 5.91 Å². The highest BCUT2D eigenvalue weighted by atomic mass is 32.2. The van der Waals surface area contributed by atoms with Crippen molar-refractivity contribution in [3.8, 4) is 0 Å². The van der Waals surface area contributed by atoms with Gasteiger partial charge in [-0.25, -0.2) is 0 Å². The first-order chi connectivity index (χ1) is 19.3. The summed E-state index contributed by atoms with van der Waals surface area (Å²) in [6.45, 7) is 4.32. The minimum absolute atomic E-state index is 0.194. The van der Waals surface area contributed by atoms with Crippen LogP contribution in [0.15, 0.2) is 66.8 Å². The first-order valence-corrected chi connectivity index (χ1v) is 15.1. The molecule has 2 amide bonds. The van der Waals surface area contributed by atoms with E-state index in [1.165, 1.54) is 11.8 Å². The third kappa shape index (κ3) is 4.10. The Balaban J connectivity index is 1.49. The van der Waals surface area contributed by atoms with Gasteiger partial charge in [0.05, 0.1) is 35.8 Å². The number of carbonyl (C=O) groups is 3. The van der Waals surface area contributed by atoms with E-state index in [1.54, 1.807) is 9.80 Å². The fraction of sp³-hybridized carbons (Fsp3) is 0.469. The fourth-order valence-electron chi connectivity index (χ4n) is 7.12. The molecule has 4 heterocycles. The van der Waals surface area contributed by atoms with Gasteiger partial charge in [-0.3, -0.25) is 14.4 Å². The van der Waals surface area contributed by atoms with E-state index >= 15 is 0 Å². The number of allylic oxidation sites excluding steroid dienone is 1. The summed E-state index contributed by atoms with van der Waals surface area (Å²) in [6.07, 6.45) is 11.2. The summed E-state index contributed by atoms with van der Waals surface area (Å²) in [6, 6.07) is 12.6. The van der Waals surface area contributed by atoms with Crippen molar-refractivity contribution in [3.63, 3.8) is 0 Å². The zero-order valence-corrected chi connectivity index (χ0v) is 23.8. The van der Waals surface area contributed by atoms with Crippen molar-refractivity contribution in [1.29, 1.82) is 0 Å². The van der Waals surface area contributed by atoms with Crippen LogP contribution in [-0.2, 0) is 19.1 Å². The first kappa shape index (κ1) is 27.1. The molecule has 210 valence electrons. The number of carbonyl (C=O) groups excluding carboxylic acids is 3. The van der Waals surface area contributed by atoms with E-state index in [0.717, 1.165) is 35.7 Å². The monoisotopic (exact) mass is 560 g/mol. The largest absolute Gasteiger partial charge is 0.465 e. The number of aliphatic hydroxyl groups is 1. The Morgan fingerprint density at radius 1 is 1.02 bits per heavy atom. The molecule has 6 rings (SSSR count). The molecule has 4 aliphatic rings. The first-order valence-electron chi connectivity index (χ1n) is 14.3. The highest BCUT2D eigenvalue weighted by Gasteiger charge is 2.74. The molecule has 2 fully saturated rings. The van der Waals surface area contributed by atoms with Gasteiger partial charge in [0.15, 0.2) is 0 Å². The summed E-state index contributed by atoms with van der Waals surface area (Å²) in [5, 5.41) is 12.5. The topological polar surface area (TPSA) is 87.2 Å². The van der Waals surface area contributed by atoms with Crippen molar-refractivity contribution in [2.45, 2.75) is 61.1 Å². The quantitative estimate of drug-likeness (QED) is 0.438. The summed E-state index contributed by atoms with van der Waals surface area (Å²) in [5.74, 6) is -2.35. The van der Waals surface area contributed by atoms with Crippen molar-refractivity contribution >= 4 is 46.0 Å². The number of likely N-dealkylation sites (tertiary alicyclic amines) is 1. The zero-order valence-electron chi connectivity index (χ0n) is 23.0. The lowest BCUT2D eigenvalue weighted by atomic mass is 9.74. The van der Waals surface area contributed by atoms with Crippen molar-refractivity contribution in [3.05, 3.63) is 66.8 Å². The second-order valence-corrected chi connectivity index (χ2v) is 13.2. The number of rotatable bonds is 4. The van der Waals surface area contributed by atoms with Gasteiger partial charge in [-0.05, 0) is 55.5 Å². The van der Waals surface area contributed by atoms with Crippen LogP contribution in [0.5, 0.6) is 0 Å². The molecule has 1 spiro atoms. The highest BCUT2D eigenvalue weighted by molar-refractivity contribution is 8.02. The van der Waals surface area contributed by atoms with Gasteiger partial charge in [-0.15, -0.1) is 11.8 Å². The van der Waals surface area contributed by atoms with E-state index in [1.807, 2.05) is 68.5 Å². The Bertz CT molecular complexity index is 1400. The Kier molecular flexibility index (Phi) is 7.03. The summed E-state index contributed by atoms with van der Waals surface area (Å²) >= 11 is 1.54. The van der Waals surface area contributed by atoms with Gasteiger partial charge in [-0.1, -0.05) is 61.6 Å². The fourth-order valence-corrected chi connectivity index (χ4v) is 9.26. The Morgan fingerprint density at radius 2 is 1.82 bits per heavy atom. The van der Waals surface area contributed by atoms with Gasteiger partial charge in [0, 0.05) is 17.0 Å². The van der Waals surface area contributed by atoms with Gasteiger partial charge in [0.25, 0.3) is 5.91 Å². The Labute approximate surface area is 239 Å². The van der Waals surface area contributed by atoms with E-state index in [9.17, 15) is 19.5 Å². The molecule has 6 atom stereocenters. The number of ether oxygens (including phenoxy) is 1. The van der Waals surface area contributed by atoms with Crippen LogP contribution in [-0.4, -0.2) is 69.1 Å². The number of hydrogen-bond donors (Lipinski definition) is 1. The molecule has 7 nitrogen and oxygen atoms in total. The van der Waals surface area contributed by atoms with Crippen LogP contribution < -0.4 is 4.90 Å². The molecule has 1 N–H and O–H groups in total. The smallest absolute Gasteiger partial charge is 0.311 e. The summed E-state index contributed by atoms with van der Waals surface area (Å²) in [5.41, 5.74) is 0.755. The number of aliphatic hydroxyl groups excluding tert-OH is 1. The molecule has 40 heavy (non-hydrogen) atoms. The van der Waals surface area contributed by atoms with Gasteiger partial charge in [0.1, 0.15) is 6.04 Å². The van der Waals surface area contributed by atoms with Crippen molar-refractivity contribution in [2.75, 3.05) is 24.7 Å². The molecule has 0 radical (unpaired) electrons. The standard InChI is InChI=1S/C32H36N2O5S/c1-3-23(20-35)34-27-29(37)33(24-14-13-21-11-6-7-12-22(21)19-24)17-10-16-32(27)25(28(34)36)26-30(38)39-18-9-5-4-8-15-31(26,2)40-32/h6-8,10-16,19,23,25-27,35H,3-5,9,17-18,20H2,1-2H3/b15-8-/t23-,25-,26+,27?,31-,32-/m0/s1. The molecular formula is C32H36N2O5S. The molecule has 2 aromatic rings. The summed E-state index contributed by atoms with van der Waals surface area (Å²) in [4.78, 5) is 46.1. The lowest BCUT2D eigenvalue weighted by Crippen LogP contribution is -2.56. The van der Waals surface area contributed by atoms with Gasteiger partial charge < -0.3 is 19.6 Å². The minimum atomic E-state index is -0.973. The lowest BCUT2D eigenvalue weighted by Gasteiger charge is -2.39. The predicted octanol–water partition coefficient (Wildman–Crippen LogP) is 4.48. The molecule has 2 saturated heterocycles. The molecule has 0 aromatic heterocycles. The molecule has 1 unspecified atom stereocenters. The average molecular weight is 561 g/mol. The van der Waals surface area contributed by atoms with Crippen molar-refractivity contribution in [1.82, 2.24) is 4.90 Å². The average Bonchev–Trinajstić information content (AvgIpc) is 3.28. The van der Waals surface area contributed by atoms with Gasteiger partial charge in [-0.2, -0.15) is 0 Å². The SMILES string of the molecule is CC[C@@H](CO)N1C(=O)[C@@H]2[C@@H]3C(=O)OCCCC/C=C\[C@]3(C)S[C@@]23C=CCN(c2ccc4ccccc4c2)C(=O)C13. The third-order valence-electron chi connectivity index (χ3n) is 9.06. The maximum absolute atomic E-state index is 14.7. The number of anilines is 1. The molecular weight excluding hydrogens is 524 g/mol. The van der Waals surface area contributed by atoms with Gasteiger partial charge >= 0.3 is 5.97 Å².